The van der Waals surface area contributed by atoms with Gasteiger partial charge >= 0.3 is 0 Å². The van der Waals surface area contributed by atoms with Crippen molar-refractivity contribution in [3.05, 3.63) is 35.4 Å². The van der Waals surface area contributed by atoms with Crippen LogP contribution in [-0.2, 0) is 4.79 Å². The van der Waals surface area contributed by atoms with E-state index in [0.29, 0.717) is 0 Å². The van der Waals surface area contributed by atoms with Crippen LogP contribution in [0.15, 0.2) is 24.3 Å². The van der Waals surface area contributed by atoms with Crippen molar-refractivity contribution in [3.8, 4) is 0 Å². The lowest BCUT2D eigenvalue weighted by atomic mass is 10.0. The molecular weight excluding hydrogens is 196 g/mol. The lowest BCUT2D eigenvalue weighted by Gasteiger charge is -2.10. The first-order valence-corrected chi connectivity index (χ1v) is 5.37. The second kappa shape index (κ2) is 3.74. The summed E-state index contributed by atoms with van der Waals surface area (Å²) in [6, 6.07) is 7.82. The van der Waals surface area contributed by atoms with E-state index in [0.717, 1.165) is 24.0 Å². The van der Waals surface area contributed by atoms with Gasteiger partial charge in [0.05, 0.1) is 0 Å². The van der Waals surface area contributed by atoms with Crippen LogP contribution in [0.3, 0.4) is 0 Å². The highest BCUT2D eigenvalue weighted by atomic mass is 35.5. The van der Waals surface area contributed by atoms with E-state index in [4.69, 9.17) is 11.6 Å². The number of rotatable bonds is 3. The van der Waals surface area contributed by atoms with E-state index >= 15 is 0 Å². The van der Waals surface area contributed by atoms with Crippen LogP contribution in [0.2, 0.25) is 0 Å². The maximum atomic E-state index is 11.7. The monoisotopic (exact) mass is 208 g/mol. The maximum absolute atomic E-state index is 11.7. The average Bonchev–Trinajstić information content (AvgIpc) is 3.00. The Morgan fingerprint density at radius 1 is 1.43 bits per heavy atom. The van der Waals surface area contributed by atoms with Crippen LogP contribution in [0.1, 0.15) is 29.3 Å². The van der Waals surface area contributed by atoms with Crippen molar-refractivity contribution in [2.45, 2.75) is 25.1 Å². The van der Waals surface area contributed by atoms with Crippen LogP contribution in [0.25, 0.3) is 0 Å². The zero-order chi connectivity index (χ0) is 10.1. The van der Waals surface area contributed by atoms with Crippen LogP contribution >= 0.6 is 11.6 Å². The Morgan fingerprint density at radius 3 is 2.64 bits per heavy atom. The van der Waals surface area contributed by atoms with E-state index in [1.807, 2.05) is 31.2 Å². The third kappa shape index (κ3) is 1.83. The van der Waals surface area contributed by atoms with E-state index in [-0.39, 0.29) is 11.7 Å². The van der Waals surface area contributed by atoms with Crippen molar-refractivity contribution in [3.63, 3.8) is 0 Å². The lowest BCUT2D eigenvalue weighted by Crippen LogP contribution is -2.09. The molecule has 1 aromatic carbocycles. The number of carbonyl (C=O) groups excluding carboxylic acids is 1. The normalized spacial score (nSPS) is 17.9. The molecule has 0 amide bonds. The highest BCUT2D eigenvalue weighted by Gasteiger charge is 2.34. The average molecular weight is 209 g/mol. The van der Waals surface area contributed by atoms with Crippen molar-refractivity contribution in [1.82, 2.24) is 0 Å². The van der Waals surface area contributed by atoms with Gasteiger partial charge in [-0.25, -0.2) is 0 Å². The molecule has 0 N–H and O–H groups in total. The molecule has 0 saturated heterocycles. The lowest BCUT2D eigenvalue weighted by molar-refractivity contribution is -0.120. The molecule has 0 heterocycles. The Hall–Kier alpha value is -0.820. The molecule has 1 aliphatic rings. The van der Waals surface area contributed by atoms with Crippen molar-refractivity contribution < 1.29 is 4.79 Å². The van der Waals surface area contributed by atoms with E-state index in [2.05, 4.69) is 0 Å². The fourth-order valence-corrected chi connectivity index (χ4v) is 2.02. The Kier molecular flexibility index (Phi) is 2.60. The summed E-state index contributed by atoms with van der Waals surface area (Å²) in [7, 11) is 0. The highest BCUT2D eigenvalue weighted by Crippen LogP contribution is 2.37. The summed E-state index contributed by atoms with van der Waals surface area (Å²) < 4.78 is 0. The topological polar surface area (TPSA) is 17.1 Å². The molecule has 0 aromatic heterocycles. The standard InChI is InChI=1S/C12H13ClO/c1-8-4-2-3-5-10(8)11(13)12(14)9-6-7-9/h2-5,9,11H,6-7H2,1H3. The van der Waals surface area contributed by atoms with E-state index in [1.54, 1.807) is 0 Å². The summed E-state index contributed by atoms with van der Waals surface area (Å²) in [5, 5.41) is -0.441. The Morgan fingerprint density at radius 2 is 2.07 bits per heavy atom. The number of hydrogen-bond acceptors (Lipinski definition) is 1. The highest BCUT2D eigenvalue weighted by molar-refractivity contribution is 6.31. The van der Waals surface area contributed by atoms with Crippen LogP contribution in [0.5, 0.6) is 0 Å². The molecular formula is C12H13ClO. The molecule has 0 spiro atoms. The summed E-state index contributed by atoms with van der Waals surface area (Å²) in [6.45, 7) is 1.99. The number of Topliss-reactive ketones (excluding diaryl/α,β-unsaturated/α-hetero) is 1. The quantitative estimate of drug-likeness (QED) is 0.697. The molecule has 2 rings (SSSR count). The number of carbonyl (C=O) groups is 1. The van der Waals surface area contributed by atoms with Gasteiger partial charge in [-0.15, -0.1) is 11.6 Å². The summed E-state index contributed by atoms with van der Waals surface area (Å²) in [6.07, 6.45) is 2.04. The molecule has 0 radical (unpaired) electrons. The SMILES string of the molecule is Cc1ccccc1C(Cl)C(=O)C1CC1. The Balaban J connectivity index is 2.21. The molecule has 1 fully saturated rings. The predicted octanol–water partition coefficient (Wildman–Crippen LogP) is 3.25. The van der Waals surface area contributed by atoms with Gasteiger partial charge in [-0.3, -0.25) is 4.79 Å². The largest absolute Gasteiger partial charge is 0.297 e. The van der Waals surface area contributed by atoms with Gasteiger partial charge in [0.15, 0.2) is 5.78 Å². The van der Waals surface area contributed by atoms with Crippen molar-refractivity contribution in [2.24, 2.45) is 5.92 Å². The zero-order valence-corrected chi connectivity index (χ0v) is 8.92. The second-order valence-corrected chi connectivity index (χ2v) is 4.33. The van der Waals surface area contributed by atoms with E-state index in [1.165, 1.54) is 0 Å². The smallest absolute Gasteiger partial charge is 0.158 e. The third-order valence-corrected chi connectivity index (χ3v) is 3.14. The number of halogens is 1. The first kappa shape index (κ1) is 9.72. The van der Waals surface area contributed by atoms with Crippen molar-refractivity contribution in [2.75, 3.05) is 0 Å². The van der Waals surface area contributed by atoms with Gasteiger partial charge in [0.2, 0.25) is 0 Å². The maximum Gasteiger partial charge on any atom is 0.158 e. The minimum atomic E-state index is -0.441. The first-order chi connectivity index (χ1) is 6.70. The molecule has 14 heavy (non-hydrogen) atoms. The summed E-state index contributed by atoms with van der Waals surface area (Å²) in [5.41, 5.74) is 2.06. The fourth-order valence-electron chi connectivity index (χ4n) is 1.60. The van der Waals surface area contributed by atoms with E-state index < -0.39 is 5.38 Å². The molecule has 74 valence electrons. The van der Waals surface area contributed by atoms with Gasteiger partial charge in [0.1, 0.15) is 5.38 Å². The second-order valence-electron chi connectivity index (χ2n) is 3.90. The van der Waals surface area contributed by atoms with Gasteiger partial charge in [-0.05, 0) is 30.9 Å². The number of alkyl halides is 1. The van der Waals surface area contributed by atoms with Gasteiger partial charge in [-0.1, -0.05) is 24.3 Å². The molecule has 1 atom stereocenters. The summed E-state index contributed by atoms with van der Waals surface area (Å²) in [4.78, 5) is 11.7. The minimum absolute atomic E-state index is 0.195. The minimum Gasteiger partial charge on any atom is -0.297 e. The van der Waals surface area contributed by atoms with Gasteiger partial charge < -0.3 is 0 Å². The van der Waals surface area contributed by atoms with E-state index in [9.17, 15) is 4.79 Å². The zero-order valence-electron chi connectivity index (χ0n) is 8.16. The molecule has 1 aromatic rings. The van der Waals surface area contributed by atoms with Crippen LogP contribution in [-0.4, -0.2) is 5.78 Å². The van der Waals surface area contributed by atoms with Crippen molar-refractivity contribution in [1.29, 1.82) is 0 Å². The molecule has 1 nitrogen and oxygen atoms in total. The summed E-state index contributed by atoms with van der Waals surface area (Å²) >= 11 is 6.15. The molecule has 1 aliphatic carbocycles. The third-order valence-electron chi connectivity index (χ3n) is 2.69. The first-order valence-electron chi connectivity index (χ1n) is 4.93. The van der Waals surface area contributed by atoms with Crippen molar-refractivity contribution >= 4 is 17.4 Å². The fraction of sp³-hybridized carbons (Fsp3) is 0.417. The molecule has 1 saturated carbocycles. The number of benzene rings is 1. The molecule has 2 heteroatoms. The number of hydrogen-bond donors (Lipinski definition) is 0. The van der Waals surface area contributed by atoms with Gasteiger partial charge in [0, 0.05) is 5.92 Å². The molecule has 0 bridgehead atoms. The summed E-state index contributed by atoms with van der Waals surface area (Å²) in [5.74, 6) is 0.429. The number of ketones is 1. The van der Waals surface area contributed by atoms with Crippen LogP contribution in [0, 0.1) is 12.8 Å². The van der Waals surface area contributed by atoms with Gasteiger partial charge in [-0.2, -0.15) is 0 Å². The molecule has 0 aliphatic heterocycles. The Bertz CT molecular complexity index is 355. The molecule has 1 unspecified atom stereocenters. The number of aryl methyl sites for hydroxylation is 1. The van der Waals surface area contributed by atoms with Crippen LogP contribution < -0.4 is 0 Å². The van der Waals surface area contributed by atoms with Gasteiger partial charge in [0.25, 0.3) is 0 Å². The predicted molar refractivity (Wildman–Crippen MR) is 57.5 cm³/mol. The van der Waals surface area contributed by atoms with Crippen LogP contribution in [0.4, 0.5) is 0 Å². The Labute approximate surface area is 89.1 Å².